The van der Waals surface area contributed by atoms with Crippen LogP contribution in [-0.2, 0) is 4.79 Å². The molecule has 0 saturated heterocycles. The van der Waals surface area contributed by atoms with Crippen LogP contribution in [0.5, 0.6) is 5.75 Å². The Labute approximate surface area is 109 Å². The highest BCUT2D eigenvalue weighted by atomic mass is 16.5. The SMILES string of the molecule is COc1ccc2ccnc(C(=O)NCC(=O)O)c2c1. The summed E-state index contributed by atoms with van der Waals surface area (Å²) in [5.74, 6) is -1.03. The van der Waals surface area contributed by atoms with Crippen LogP contribution in [-0.4, -0.2) is 35.6 Å². The molecule has 0 aliphatic heterocycles. The van der Waals surface area contributed by atoms with E-state index in [4.69, 9.17) is 9.84 Å². The van der Waals surface area contributed by atoms with E-state index in [0.29, 0.717) is 11.1 Å². The van der Waals surface area contributed by atoms with E-state index in [-0.39, 0.29) is 5.69 Å². The molecule has 0 atom stereocenters. The number of carbonyl (C=O) groups is 2. The third kappa shape index (κ3) is 2.79. The third-order valence-corrected chi connectivity index (χ3v) is 2.59. The number of carbonyl (C=O) groups excluding carboxylic acids is 1. The zero-order valence-corrected chi connectivity index (χ0v) is 10.2. The molecule has 0 unspecified atom stereocenters. The molecule has 2 N–H and O–H groups in total. The van der Waals surface area contributed by atoms with Gasteiger partial charge in [0.05, 0.1) is 7.11 Å². The summed E-state index contributed by atoms with van der Waals surface area (Å²) >= 11 is 0. The molecule has 1 aromatic carbocycles. The van der Waals surface area contributed by atoms with E-state index in [1.807, 2.05) is 6.07 Å². The summed E-state index contributed by atoms with van der Waals surface area (Å²) in [4.78, 5) is 26.3. The second kappa shape index (κ2) is 5.34. The Kier molecular flexibility index (Phi) is 3.61. The van der Waals surface area contributed by atoms with Crippen LogP contribution in [0.3, 0.4) is 0 Å². The normalized spacial score (nSPS) is 10.2. The minimum Gasteiger partial charge on any atom is -0.497 e. The van der Waals surface area contributed by atoms with Crippen molar-refractivity contribution >= 4 is 22.6 Å². The van der Waals surface area contributed by atoms with Gasteiger partial charge >= 0.3 is 5.97 Å². The van der Waals surface area contributed by atoms with Gasteiger partial charge in [-0.1, -0.05) is 6.07 Å². The van der Waals surface area contributed by atoms with Crippen molar-refractivity contribution in [2.24, 2.45) is 0 Å². The van der Waals surface area contributed by atoms with Gasteiger partial charge in [0.25, 0.3) is 5.91 Å². The lowest BCUT2D eigenvalue weighted by molar-refractivity contribution is -0.135. The molecule has 98 valence electrons. The molecule has 19 heavy (non-hydrogen) atoms. The predicted octanol–water partition coefficient (Wildman–Crippen LogP) is 1.06. The first-order chi connectivity index (χ1) is 9.11. The third-order valence-electron chi connectivity index (χ3n) is 2.59. The van der Waals surface area contributed by atoms with E-state index in [0.717, 1.165) is 5.39 Å². The van der Waals surface area contributed by atoms with Crippen molar-refractivity contribution < 1.29 is 19.4 Å². The molecule has 1 aromatic heterocycles. The van der Waals surface area contributed by atoms with Gasteiger partial charge in [-0.3, -0.25) is 14.6 Å². The number of hydrogen-bond donors (Lipinski definition) is 2. The van der Waals surface area contributed by atoms with Crippen LogP contribution in [0, 0.1) is 0 Å². The van der Waals surface area contributed by atoms with Crippen LogP contribution in [0.15, 0.2) is 30.5 Å². The molecule has 0 spiro atoms. The molecule has 0 fully saturated rings. The van der Waals surface area contributed by atoms with Gasteiger partial charge in [0, 0.05) is 11.6 Å². The minimum absolute atomic E-state index is 0.178. The zero-order chi connectivity index (χ0) is 13.8. The van der Waals surface area contributed by atoms with Crippen LogP contribution in [0.25, 0.3) is 10.8 Å². The van der Waals surface area contributed by atoms with Crippen LogP contribution < -0.4 is 10.1 Å². The fourth-order valence-electron chi connectivity index (χ4n) is 1.69. The molecule has 0 radical (unpaired) electrons. The highest BCUT2D eigenvalue weighted by Gasteiger charge is 2.13. The highest BCUT2D eigenvalue weighted by molar-refractivity contribution is 6.06. The van der Waals surface area contributed by atoms with Crippen molar-refractivity contribution in [1.29, 1.82) is 0 Å². The topological polar surface area (TPSA) is 88.5 Å². The van der Waals surface area contributed by atoms with Gasteiger partial charge in [0.1, 0.15) is 18.0 Å². The van der Waals surface area contributed by atoms with Crippen LogP contribution >= 0.6 is 0 Å². The number of carboxylic acid groups (broad SMARTS) is 1. The first kappa shape index (κ1) is 12.8. The maximum atomic E-state index is 11.9. The summed E-state index contributed by atoms with van der Waals surface area (Å²) in [6, 6.07) is 7.05. The van der Waals surface area contributed by atoms with E-state index in [9.17, 15) is 9.59 Å². The second-order valence-corrected chi connectivity index (χ2v) is 3.82. The molecule has 0 aliphatic carbocycles. The molecular weight excluding hydrogens is 248 g/mol. The van der Waals surface area contributed by atoms with Crippen molar-refractivity contribution in [2.75, 3.05) is 13.7 Å². The van der Waals surface area contributed by atoms with Gasteiger partial charge < -0.3 is 15.2 Å². The van der Waals surface area contributed by atoms with Gasteiger partial charge in [0.2, 0.25) is 0 Å². The molecular formula is C13H12N2O4. The molecule has 6 heteroatoms. The first-order valence-electron chi connectivity index (χ1n) is 5.54. The van der Waals surface area contributed by atoms with E-state index in [1.165, 1.54) is 13.3 Å². The molecule has 1 amide bonds. The van der Waals surface area contributed by atoms with Gasteiger partial charge in [-0.05, 0) is 23.6 Å². The zero-order valence-electron chi connectivity index (χ0n) is 10.2. The summed E-state index contributed by atoms with van der Waals surface area (Å²) in [5.41, 5.74) is 0.178. The van der Waals surface area contributed by atoms with Crippen molar-refractivity contribution in [1.82, 2.24) is 10.3 Å². The van der Waals surface area contributed by atoms with Crippen LogP contribution in [0.2, 0.25) is 0 Å². The van der Waals surface area contributed by atoms with Crippen molar-refractivity contribution in [3.8, 4) is 5.75 Å². The number of methoxy groups -OCH3 is 1. The molecule has 2 aromatic rings. The number of hydrogen-bond acceptors (Lipinski definition) is 4. The number of nitrogens with zero attached hydrogens (tertiary/aromatic N) is 1. The molecule has 2 rings (SSSR count). The van der Waals surface area contributed by atoms with E-state index < -0.39 is 18.4 Å². The standard InChI is InChI=1S/C13H12N2O4/c1-19-9-3-2-8-4-5-14-12(10(8)6-9)13(18)15-7-11(16)17/h2-6H,7H2,1H3,(H,15,18)(H,16,17). The lowest BCUT2D eigenvalue weighted by Crippen LogP contribution is -2.30. The fraction of sp³-hybridized carbons (Fsp3) is 0.154. The van der Waals surface area contributed by atoms with Gasteiger partial charge in [0.15, 0.2) is 0 Å². The quantitative estimate of drug-likeness (QED) is 0.858. The number of nitrogens with one attached hydrogen (secondary N) is 1. The smallest absolute Gasteiger partial charge is 0.322 e. The lowest BCUT2D eigenvalue weighted by atomic mass is 10.1. The Hall–Kier alpha value is -2.63. The van der Waals surface area contributed by atoms with E-state index in [1.54, 1.807) is 18.2 Å². The van der Waals surface area contributed by atoms with Gasteiger partial charge in [-0.15, -0.1) is 0 Å². The number of rotatable bonds is 4. The van der Waals surface area contributed by atoms with Crippen molar-refractivity contribution in [2.45, 2.75) is 0 Å². The number of pyridine rings is 1. The Morgan fingerprint density at radius 3 is 2.84 bits per heavy atom. The Balaban J connectivity index is 2.41. The summed E-state index contributed by atoms with van der Waals surface area (Å²) in [7, 11) is 1.53. The average molecular weight is 260 g/mol. The van der Waals surface area contributed by atoms with E-state index >= 15 is 0 Å². The number of ether oxygens (including phenoxy) is 1. The maximum absolute atomic E-state index is 11.9. The summed E-state index contributed by atoms with van der Waals surface area (Å²) in [5, 5.41) is 12.3. The van der Waals surface area contributed by atoms with E-state index in [2.05, 4.69) is 10.3 Å². The number of amides is 1. The largest absolute Gasteiger partial charge is 0.497 e. The lowest BCUT2D eigenvalue weighted by Gasteiger charge is -2.07. The Morgan fingerprint density at radius 2 is 2.16 bits per heavy atom. The highest BCUT2D eigenvalue weighted by Crippen LogP contribution is 2.22. The summed E-state index contributed by atoms with van der Waals surface area (Å²) in [6.07, 6.45) is 1.50. The molecule has 1 heterocycles. The predicted molar refractivity (Wildman–Crippen MR) is 68.3 cm³/mol. The summed E-state index contributed by atoms with van der Waals surface area (Å²) < 4.78 is 5.10. The molecule has 0 aliphatic rings. The monoisotopic (exact) mass is 260 g/mol. The van der Waals surface area contributed by atoms with Crippen LogP contribution in [0.1, 0.15) is 10.5 Å². The van der Waals surface area contributed by atoms with Crippen molar-refractivity contribution in [3.63, 3.8) is 0 Å². The first-order valence-corrected chi connectivity index (χ1v) is 5.54. The number of aromatic nitrogens is 1. The van der Waals surface area contributed by atoms with Gasteiger partial charge in [-0.2, -0.15) is 0 Å². The van der Waals surface area contributed by atoms with Crippen LogP contribution in [0.4, 0.5) is 0 Å². The fourth-order valence-corrected chi connectivity index (χ4v) is 1.69. The minimum atomic E-state index is -1.11. The number of carboxylic acids is 1. The average Bonchev–Trinajstić information content (AvgIpc) is 2.43. The Morgan fingerprint density at radius 1 is 1.37 bits per heavy atom. The Bertz CT molecular complexity index is 640. The number of aliphatic carboxylic acids is 1. The summed E-state index contributed by atoms with van der Waals surface area (Å²) in [6.45, 7) is -0.444. The molecule has 0 bridgehead atoms. The number of benzene rings is 1. The molecule has 0 saturated carbocycles. The van der Waals surface area contributed by atoms with Crippen molar-refractivity contribution in [3.05, 3.63) is 36.2 Å². The number of fused-ring (bicyclic) bond motifs is 1. The molecule has 6 nitrogen and oxygen atoms in total. The maximum Gasteiger partial charge on any atom is 0.322 e. The van der Waals surface area contributed by atoms with Gasteiger partial charge in [-0.25, -0.2) is 0 Å². The second-order valence-electron chi connectivity index (χ2n) is 3.82.